The first-order valence-corrected chi connectivity index (χ1v) is 7.02. The Balaban J connectivity index is 1.90. The average Bonchev–Trinajstić information content (AvgIpc) is 3.10. The molecular weight excluding hydrogens is 270 g/mol. The van der Waals surface area contributed by atoms with Crippen molar-refractivity contribution >= 4 is 22.9 Å². The number of nitrogens with one attached hydrogen (secondary N) is 1. The number of anilines is 1. The van der Waals surface area contributed by atoms with Crippen molar-refractivity contribution in [1.29, 1.82) is 0 Å². The number of aryl methyl sites for hydroxylation is 1. The van der Waals surface area contributed by atoms with Crippen LogP contribution in [0.2, 0.25) is 0 Å². The molecule has 0 saturated carbocycles. The molecule has 0 bridgehead atoms. The summed E-state index contributed by atoms with van der Waals surface area (Å²) in [5, 5.41) is 7.14. The van der Waals surface area contributed by atoms with Gasteiger partial charge < -0.3 is 5.32 Å². The van der Waals surface area contributed by atoms with E-state index in [9.17, 15) is 4.79 Å². The van der Waals surface area contributed by atoms with Gasteiger partial charge in [0.1, 0.15) is 0 Å². The summed E-state index contributed by atoms with van der Waals surface area (Å²) >= 11 is 1.48. The zero-order valence-corrected chi connectivity index (χ0v) is 11.7. The van der Waals surface area contributed by atoms with E-state index in [1.54, 1.807) is 10.9 Å². The second-order valence-electron chi connectivity index (χ2n) is 4.33. The molecule has 1 aromatic carbocycles. The molecular formula is C15H13N3OS. The topological polar surface area (TPSA) is 46.9 Å². The minimum Gasteiger partial charge on any atom is -0.319 e. The Bertz CT molecular complexity index is 731. The van der Waals surface area contributed by atoms with Crippen molar-refractivity contribution in [3.05, 3.63) is 64.6 Å². The highest BCUT2D eigenvalue weighted by Crippen LogP contribution is 2.22. The van der Waals surface area contributed by atoms with Crippen LogP contribution in [0.4, 0.5) is 5.69 Å². The van der Waals surface area contributed by atoms with Crippen LogP contribution in [0, 0.1) is 6.92 Å². The lowest BCUT2D eigenvalue weighted by molar-refractivity contribution is 0.103. The first-order chi connectivity index (χ1) is 9.74. The lowest BCUT2D eigenvalue weighted by Crippen LogP contribution is -2.12. The van der Waals surface area contributed by atoms with Crippen LogP contribution in [0.3, 0.4) is 0 Å². The van der Waals surface area contributed by atoms with Crippen LogP contribution in [-0.4, -0.2) is 15.7 Å². The fourth-order valence-electron chi connectivity index (χ4n) is 1.93. The van der Waals surface area contributed by atoms with E-state index in [0.29, 0.717) is 4.88 Å². The van der Waals surface area contributed by atoms with E-state index in [4.69, 9.17) is 0 Å². The lowest BCUT2D eigenvalue weighted by atomic mass is 10.2. The maximum absolute atomic E-state index is 12.2. The van der Waals surface area contributed by atoms with Crippen molar-refractivity contribution in [2.24, 2.45) is 0 Å². The molecule has 2 heterocycles. The van der Waals surface area contributed by atoms with Crippen molar-refractivity contribution in [3.8, 4) is 5.69 Å². The normalized spacial score (nSPS) is 10.4. The van der Waals surface area contributed by atoms with Gasteiger partial charge in [0.15, 0.2) is 0 Å². The third-order valence-electron chi connectivity index (χ3n) is 2.87. The van der Waals surface area contributed by atoms with E-state index in [2.05, 4.69) is 10.4 Å². The highest BCUT2D eigenvalue weighted by Gasteiger charge is 2.11. The van der Waals surface area contributed by atoms with Gasteiger partial charge in [0.25, 0.3) is 5.91 Å². The molecule has 0 aliphatic rings. The highest BCUT2D eigenvalue weighted by atomic mass is 32.1. The number of para-hydroxylation sites is 2. The number of amides is 1. The SMILES string of the molecule is Cc1ccc(C(=O)Nc2ccccc2-n2cccn2)s1. The standard InChI is InChI=1S/C15H13N3OS/c1-11-7-8-14(20-11)15(19)17-12-5-2-3-6-13(12)18-10-4-9-16-18/h2-10H,1H3,(H,17,19). The van der Waals surface area contributed by atoms with E-state index in [1.807, 2.05) is 55.6 Å². The van der Waals surface area contributed by atoms with E-state index in [-0.39, 0.29) is 5.91 Å². The number of carbonyl (C=O) groups excluding carboxylic acids is 1. The van der Waals surface area contributed by atoms with Gasteiger partial charge in [-0.1, -0.05) is 12.1 Å². The molecule has 0 fully saturated rings. The van der Waals surface area contributed by atoms with Gasteiger partial charge in [-0.15, -0.1) is 11.3 Å². The summed E-state index contributed by atoms with van der Waals surface area (Å²) in [4.78, 5) is 14.0. The molecule has 2 aromatic heterocycles. The monoisotopic (exact) mass is 283 g/mol. The molecule has 1 N–H and O–H groups in total. The fourth-order valence-corrected chi connectivity index (χ4v) is 2.69. The molecule has 0 spiro atoms. The van der Waals surface area contributed by atoms with Gasteiger partial charge in [-0.05, 0) is 37.3 Å². The van der Waals surface area contributed by atoms with Crippen molar-refractivity contribution in [1.82, 2.24) is 9.78 Å². The summed E-state index contributed by atoms with van der Waals surface area (Å²) in [5.41, 5.74) is 1.59. The number of aromatic nitrogens is 2. The number of benzene rings is 1. The molecule has 0 aliphatic heterocycles. The lowest BCUT2D eigenvalue weighted by Gasteiger charge is -2.10. The zero-order valence-electron chi connectivity index (χ0n) is 10.9. The highest BCUT2D eigenvalue weighted by molar-refractivity contribution is 7.14. The summed E-state index contributed by atoms with van der Waals surface area (Å²) in [6.45, 7) is 1.99. The van der Waals surface area contributed by atoms with E-state index in [0.717, 1.165) is 16.3 Å². The van der Waals surface area contributed by atoms with Crippen LogP contribution < -0.4 is 5.32 Å². The van der Waals surface area contributed by atoms with Gasteiger partial charge in [-0.3, -0.25) is 4.79 Å². The maximum Gasteiger partial charge on any atom is 0.265 e. The Hall–Kier alpha value is -2.40. The zero-order chi connectivity index (χ0) is 13.9. The molecule has 0 atom stereocenters. The van der Waals surface area contributed by atoms with Gasteiger partial charge in [0.2, 0.25) is 0 Å². The van der Waals surface area contributed by atoms with Gasteiger partial charge in [0, 0.05) is 17.3 Å². The van der Waals surface area contributed by atoms with E-state index >= 15 is 0 Å². The summed E-state index contributed by atoms with van der Waals surface area (Å²) in [6.07, 6.45) is 3.56. The third-order valence-corrected chi connectivity index (χ3v) is 3.87. The average molecular weight is 283 g/mol. The minimum atomic E-state index is -0.0947. The van der Waals surface area contributed by atoms with Gasteiger partial charge in [0.05, 0.1) is 16.3 Å². The molecule has 3 aromatic rings. The minimum absolute atomic E-state index is 0.0947. The summed E-state index contributed by atoms with van der Waals surface area (Å²) < 4.78 is 1.73. The van der Waals surface area contributed by atoms with Gasteiger partial charge >= 0.3 is 0 Å². The first kappa shape index (κ1) is 12.6. The number of carbonyl (C=O) groups is 1. The Morgan fingerprint density at radius 3 is 2.75 bits per heavy atom. The summed E-state index contributed by atoms with van der Waals surface area (Å²) in [7, 11) is 0. The Labute approximate surface area is 120 Å². The molecule has 3 rings (SSSR count). The Morgan fingerprint density at radius 2 is 2.05 bits per heavy atom. The van der Waals surface area contributed by atoms with Gasteiger partial charge in [-0.2, -0.15) is 5.10 Å². The van der Waals surface area contributed by atoms with Crippen molar-refractivity contribution in [2.75, 3.05) is 5.32 Å². The van der Waals surface area contributed by atoms with Crippen LogP contribution in [0.1, 0.15) is 14.5 Å². The first-order valence-electron chi connectivity index (χ1n) is 6.21. The van der Waals surface area contributed by atoms with Crippen molar-refractivity contribution < 1.29 is 4.79 Å². The van der Waals surface area contributed by atoms with Crippen LogP contribution >= 0.6 is 11.3 Å². The molecule has 5 heteroatoms. The van der Waals surface area contributed by atoms with Crippen molar-refractivity contribution in [3.63, 3.8) is 0 Å². The van der Waals surface area contributed by atoms with Crippen LogP contribution in [0.5, 0.6) is 0 Å². The molecule has 100 valence electrons. The summed E-state index contributed by atoms with van der Waals surface area (Å²) in [6, 6.07) is 13.2. The fraction of sp³-hybridized carbons (Fsp3) is 0.0667. The maximum atomic E-state index is 12.2. The molecule has 0 saturated heterocycles. The third kappa shape index (κ3) is 2.48. The van der Waals surface area contributed by atoms with Crippen LogP contribution in [0.15, 0.2) is 54.9 Å². The number of rotatable bonds is 3. The number of thiophene rings is 1. The van der Waals surface area contributed by atoms with E-state index in [1.165, 1.54) is 11.3 Å². The van der Waals surface area contributed by atoms with Gasteiger partial charge in [-0.25, -0.2) is 4.68 Å². The Kier molecular flexibility index (Phi) is 3.35. The van der Waals surface area contributed by atoms with Crippen molar-refractivity contribution in [2.45, 2.75) is 6.92 Å². The van der Waals surface area contributed by atoms with Crippen LogP contribution in [0.25, 0.3) is 5.69 Å². The predicted octanol–water partition coefficient (Wildman–Crippen LogP) is 3.49. The Morgan fingerprint density at radius 1 is 1.20 bits per heavy atom. The second-order valence-corrected chi connectivity index (χ2v) is 5.62. The molecule has 0 unspecified atom stereocenters. The van der Waals surface area contributed by atoms with E-state index < -0.39 is 0 Å². The molecule has 4 nitrogen and oxygen atoms in total. The molecule has 0 radical (unpaired) electrons. The van der Waals surface area contributed by atoms with Crippen LogP contribution in [-0.2, 0) is 0 Å². The predicted molar refractivity (Wildman–Crippen MR) is 80.6 cm³/mol. The smallest absolute Gasteiger partial charge is 0.265 e. The number of nitrogens with zero attached hydrogens (tertiary/aromatic N) is 2. The second kappa shape index (κ2) is 5.30. The quantitative estimate of drug-likeness (QED) is 0.799. The molecule has 0 aliphatic carbocycles. The largest absolute Gasteiger partial charge is 0.319 e. The number of hydrogen-bond acceptors (Lipinski definition) is 3. The molecule has 20 heavy (non-hydrogen) atoms. The molecule has 1 amide bonds. The summed E-state index contributed by atoms with van der Waals surface area (Å²) in [5.74, 6) is -0.0947. The number of hydrogen-bond donors (Lipinski definition) is 1.